The molecule has 0 saturated carbocycles. The molecule has 7 heteroatoms. The van der Waals surface area contributed by atoms with Gasteiger partial charge in [-0.2, -0.15) is 0 Å². The van der Waals surface area contributed by atoms with Crippen molar-refractivity contribution in [1.29, 1.82) is 0 Å². The highest BCUT2D eigenvalue weighted by Gasteiger charge is 2.25. The Morgan fingerprint density at radius 1 is 1.18 bits per heavy atom. The smallest absolute Gasteiger partial charge is 0.272 e. The Morgan fingerprint density at radius 3 is 2.50 bits per heavy atom. The predicted molar refractivity (Wildman–Crippen MR) is 108 cm³/mol. The zero-order chi connectivity index (χ0) is 20.3. The van der Waals surface area contributed by atoms with Crippen molar-refractivity contribution in [3.63, 3.8) is 0 Å². The number of aryl methyl sites for hydroxylation is 1. The summed E-state index contributed by atoms with van der Waals surface area (Å²) in [4.78, 5) is 23.7. The molecule has 0 bridgehead atoms. The number of fused-ring (bicyclic) bond motifs is 1. The number of ether oxygens (including phenoxy) is 2. The number of nitrogens with one attached hydrogen (secondary N) is 1. The summed E-state index contributed by atoms with van der Waals surface area (Å²) < 4.78 is 10.8. The Hall–Kier alpha value is -2.83. The summed E-state index contributed by atoms with van der Waals surface area (Å²) in [7, 11) is 3.25. The van der Waals surface area contributed by atoms with Crippen LogP contribution in [0.3, 0.4) is 0 Å². The van der Waals surface area contributed by atoms with Crippen molar-refractivity contribution >= 4 is 11.7 Å². The van der Waals surface area contributed by atoms with Crippen LogP contribution in [0.5, 0.6) is 11.5 Å². The van der Waals surface area contributed by atoms with E-state index in [2.05, 4.69) is 29.1 Å². The van der Waals surface area contributed by atoms with Crippen molar-refractivity contribution < 1.29 is 14.3 Å². The maximum Gasteiger partial charge on any atom is 0.272 e. The summed E-state index contributed by atoms with van der Waals surface area (Å²) in [6.07, 6.45) is 1.74. The van der Waals surface area contributed by atoms with Gasteiger partial charge in [0.1, 0.15) is 17.3 Å². The van der Waals surface area contributed by atoms with Gasteiger partial charge in [0.05, 0.1) is 14.2 Å². The number of hydrogen-bond acceptors (Lipinski definition) is 6. The number of amides is 1. The second-order valence-corrected chi connectivity index (χ2v) is 7.09. The van der Waals surface area contributed by atoms with Gasteiger partial charge in [-0.05, 0) is 49.9 Å². The van der Waals surface area contributed by atoms with Crippen LogP contribution in [-0.4, -0.2) is 47.6 Å². The van der Waals surface area contributed by atoms with Gasteiger partial charge in [0.25, 0.3) is 5.91 Å². The maximum atomic E-state index is 13.1. The van der Waals surface area contributed by atoms with E-state index in [0.29, 0.717) is 41.9 Å². The third-order valence-electron chi connectivity index (χ3n) is 5.07. The molecule has 1 unspecified atom stereocenters. The Kier molecular flexibility index (Phi) is 6.02. The molecule has 1 N–H and O–H groups in total. The standard InChI is InChI=1S/C21H28N4O3/c1-6-13(2)22-20-11-17(23-14(3)24-20)21(26)25-8-7-15-9-18(27-4)19(28-5)10-16(15)12-25/h9-11,13H,6-8,12H2,1-5H3,(H,22,23,24). The average Bonchev–Trinajstić information content (AvgIpc) is 2.71. The second-order valence-electron chi connectivity index (χ2n) is 7.09. The van der Waals surface area contributed by atoms with Crippen molar-refractivity contribution in [2.75, 3.05) is 26.1 Å². The third-order valence-corrected chi connectivity index (χ3v) is 5.07. The lowest BCUT2D eigenvalue weighted by molar-refractivity contribution is 0.0728. The van der Waals surface area contributed by atoms with Crippen molar-refractivity contribution in [1.82, 2.24) is 14.9 Å². The quantitative estimate of drug-likeness (QED) is 0.824. The number of benzene rings is 1. The van der Waals surface area contributed by atoms with Crippen LogP contribution >= 0.6 is 0 Å². The predicted octanol–water partition coefficient (Wildman–Crippen LogP) is 3.21. The fourth-order valence-electron chi connectivity index (χ4n) is 3.32. The van der Waals surface area contributed by atoms with E-state index in [1.54, 1.807) is 27.2 Å². The molecule has 1 aliphatic rings. The van der Waals surface area contributed by atoms with Gasteiger partial charge in [0.2, 0.25) is 0 Å². The SMILES string of the molecule is CCC(C)Nc1cc(C(=O)N2CCc3cc(OC)c(OC)cc3C2)nc(C)n1. The lowest BCUT2D eigenvalue weighted by atomic mass is 9.98. The minimum absolute atomic E-state index is 0.0851. The van der Waals surface area contributed by atoms with Crippen LogP contribution in [0, 0.1) is 6.92 Å². The van der Waals surface area contributed by atoms with Crippen molar-refractivity contribution in [3.8, 4) is 11.5 Å². The number of nitrogens with zero attached hydrogens (tertiary/aromatic N) is 3. The van der Waals surface area contributed by atoms with Gasteiger partial charge in [0, 0.05) is 25.2 Å². The molecular weight excluding hydrogens is 356 g/mol. The largest absolute Gasteiger partial charge is 0.493 e. The first-order valence-corrected chi connectivity index (χ1v) is 9.60. The molecule has 1 aliphatic heterocycles. The molecule has 0 fully saturated rings. The first-order chi connectivity index (χ1) is 13.4. The van der Waals surface area contributed by atoms with Gasteiger partial charge in [-0.1, -0.05) is 6.92 Å². The molecule has 0 saturated heterocycles. The first-order valence-electron chi connectivity index (χ1n) is 9.60. The van der Waals surface area contributed by atoms with E-state index in [1.807, 2.05) is 17.0 Å². The molecule has 1 amide bonds. The normalized spacial score (nSPS) is 14.2. The van der Waals surface area contributed by atoms with E-state index in [-0.39, 0.29) is 11.9 Å². The van der Waals surface area contributed by atoms with Gasteiger partial charge in [-0.25, -0.2) is 9.97 Å². The highest BCUT2D eigenvalue weighted by Crippen LogP contribution is 2.33. The molecule has 0 spiro atoms. The minimum atomic E-state index is -0.0851. The minimum Gasteiger partial charge on any atom is -0.493 e. The zero-order valence-corrected chi connectivity index (χ0v) is 17.2. The van der Waals surface area contributed by atoms with Gasteiger partial charge >= 0.3 is 0 Å². The molecule has 7 nitrogen and oxygen atoms in total. The lowest BCUT2D eigenvalue weighted by Crippen LogP contribution is -2.36. The number of aromatic nitrogens is 2. The summed E-state index contributed by atoms with van der Waals surface area (Å²) in [5.41, 5.74) is 2.67. The molecule has 1 aromatic heterocycles. The molecule has 2 heterocycles. The van der Waals surface area contributed by atoms with E-state index in [9.17, 15) is 4.79 Å². The molecule has 0 radical (unpaired) electrons. The molecule has 2 aromatic rings. The van der Waals surface area contributed by atoms with E-state index < -0.39 is 0 Å². The van der Waals surface area contributed by atoms with E-state index >= 15 is 0 Å². The van der Waals surface area contributed by atoms with Crippen LogP contribution in [0.1, 0.15) is 47.7 Å². The van der Waals surface area contributed by atoms with Crippen LogP contribution in [-0.2, 0) is 13.0 Å². The van der Waals surface area contributed by atoms with Crippen LogP contribution in [0.4, 0.5) is 5.82 Å². The fourth-order valence-corrected chi connectivity index (χ4v) is 3.32. The van der Waals surface area contributed by atoms with Gasteiger partial charge in [0.15, 0.2) is 11.5 Å². The van der Waals surface area contributed by atoms with Crippen molar-refractivity contribution in [3.05, 3.63) is 40.8 Å². The highest BCUT2D eigenvalue weighted by atomic mass is 16.5. The number of carbonyl (C=O) groups is 1. The number of rotatable bonds is 6. The second kappa shape index (κ2) is 8.46. The van der Waals surface area contributed by atoms with Crippen LogP contribution in [0.15, 0.2) is 18.2 Å². The Morgan fingerprint density at radius 2 is 1.86 bits per heavy atom. The number of anilines is 1. The molecule has 1 atom stereocenters. The Labute approximate surface area is 166 Å². The van der Waals surface area contributed by atoms with Crippen LogP contribution in [0.2, 0.25) is 0 Å². The Balaban J connectivity index is 1.83. The lowest BCUT2D eigenvalue weighted by Gasteiger charge is -2.29. The van der Waals surface area contributed by atoms with E-state index in [4.69, 9.17) is 9.47 Å². The summed E-state index contributed by atoms with van der Waals surface area (Å²) in [6.45, 7) is 7.15. The molecule has 3 rings (SSSR count). The average molecular weight is 384 g/mol. The molecule has 28 heavy (non-hydrogen) atoms. The molecular formula is C21H28N4O3. The summed E-state index contributed by atoms with van der Waals surface area (Å²) >= 11 is 0. The number of methoxy groups -OCH3 is 2. The van der Waals surface area contributed by atoms with Gasteiger partial charge in [-0.15, -0.1) is 0 Å². The van der Waals surface area contributed by atoms with Crippen LogP contribution in [0.25, 0.3) is 0 Å². The van der Waals surface area contributed by atoms with E-state index in [0.717, 1.165) is 18.4 Å². The van der Waals surface area contributed by atoms with Crippen molar-refractivity contribution in [2.45, 2.75) is 46.2 Å². The number of hydrogen-bond donors (Lipinski definition) is 1. The zero-order valence-electron chi connectivity index (χ0n) is 17.2. The molecule has 1 aromatic carbocycles. The third kappa shape index (κ3) is 4.18. The van der Waals surface area contributed by atoms with Gasteiger partial charge < -0.3 is 19.7 Å². The maximum absolute atomic E-state index is 13.1. The number of carbonyl (C=O) groups excluding carboxylic acids is 1. The monoisotopic (exact) mass is 384 g/mol. The topological polar surface area (TPSA) is 76.6 Å². The fraction of sp³-hybridized carbons (Fsp3) is 0.476. The first kappa shape index (κ1) is 19.9. The molecule has 150 valence electrons. The van der Waals surface area contributed by atoms with E-state index in [1.165, 1.54) is 5.56 Å². The van der Waals surface area contributed by atoms with Gasteiger partial charge in [-0.3, -0.25) is 4.79 Å². The molecule has 0 aliphatic carbocycles. The van der Waals surface area contributed by atoms with Crippen molar-refractivity contribution in [2.24, 2.45) is 0 Å². The highest BCUT2D eigenvalue weighted by molar-refractivity contribution is 5.93. The summed E-state index contributed by atoms with van der Waals surface area (Å²) in [6, 6.07) is 5.97. The summed E-state index contributed by atoms with van der Waals surface area (Å²) in [5, 5.41) is 3.32. The summed E-state index contributed by atoms with van der Waals surface area (Å²) in [5.74, 6) is 2.58. The Bertz CT molecular complexity index is 869. The van der Waals surface area contributed by atoms with Crippen LogP contribution < -0.4 is 14.8 Å².